The Balaban J connectivity index is 0.000000326. The summed E-state index contributed by atoms with van der Waals surface area (Å²) in [5, 5.41) is 7.91. The third kappa shape index (κ3) is 6.46. The van der Waals surface area contributed by atoms with Gasteiger partial charge in [0.05, 0.1) is 0 Å². The molecule has 0 unspecified atom stereocenters. The fraction of sp³-hybridized carbons (Fsp3) is 0.136. The van der Waals surface area contributed by atoms with Crippen molar-refractivity contribution >= 4 is 38.0 Å². The van der Waals surface area contributed by atoms with Gasteiger partial charge in [0, 0.05) is 6.42 Å². The summed E-state index contributed by atoms with van der Waals surface area (Å²) in [4.78, 5) is 9.60. The zero-order valence-electron chi connectivity index (χ0n) is 14.4. The van der Waals surface area contributed by atoms with E-state index in [9.17, 15) is 4.79 Å². The van der Waals surface area contributed by atoms with Crippen molar-refractivity contribution in [2.24, 2.45) is 0 Å². The van der Waals surface area contributed by atoms with E-state index in [0.29, 0.717) is 6.42 Å². The zero-order chi connectivity index (χ0) is 17.9. The van der Waals surface area contributed by atoms with Crippen LogP contribution in [0.15, 0.2) is 91.0 Å². The Morgan fingerprint density at radius 1 is 0.720 bits per heavy atom. The number of carboxylic acids is 1. The van der Waals surface area contributed by atoms with Crippen LogP contribution in [0.4, 0.5) is 0 Å². The first-order valence-electron chi connectivity index (χ1n) is 8.47. The number of carbonyl (C=O) groups is 1. The molecule has 3 aromatic carbocycles. The van der Waals surface area contributed by atoms with Crippen molar-refractivity contribution in [2.45, 2.75) is 19.8 Å². The predicted molar refractivity (Wildman–Crippen MR) is 107 cm³/mol. The van der Waals surface area contributed by atoms with Crippen molar-refractivity contribution in [1.82, 2.24) is 0 Å². The Morgan fingerprint density at radius 2 is 1.04 bits per heavy atom. The van der Waals surface area contributed by atoms with Gasteiger partial charge in [-0.3, -0.25) is 4.79 Å². The van der Waals surface area contributed by atoms with Crippen LogP contribution in [0.5, 0.6) is 0 Å². The summed E-state index contributed by atoms with van der Waals surface area (Å²) in [6.07, 6.45) is 1.02. The summed E-state index contributed by atoms with van der Waals surface area (Å²) in [5.74, 6) is -0.711. The summed E-state index contributed by atoms with van der Waals surface area (Å²) < 4.78 is 4.64. The van der Waals surface area contributed by atoms with E-state index >= 15 is 0 Å². The van der Waals surface area contributed by atoms with Crippen molar-refractivity contribution in [3.63, 3.8) is 0 Å². The Labute approximate surface area is 158 Å². The van der Waals surface area contributed by atoms with Crippen LogP contribution in [-0.4, -0.2) is 33.8 Å². The molecule has 0 aliphatic rings. The molecular formula is C22H23O2Pb. The molecule has 0 bridgehead atoms. The number of aliphatic carboxylic acids is 1. The first-order chi connectivity index (χ1) is 12.2. The standard InChI is InChI=1S/3C6H5.C4H8O2.Pb/c3*1-2-4-6-5-3-1;1-2-3-4(5)6;/h3*1-5H;2-3H2,1H3,(H,5,6);. The van der Waals surface area contributed by atoms with E-state index in [2.05, 4.69) is 91.0 Å². The van der Waals surface area contributed by atoms with Crippen molar-refractivity contribution in [3.05, 3.63) is 91.0 Å². The molecule has 1 N–H and O–H groups in total. The van der Waals surface area contributed by atoms with Crippen molar-refractivity contribution in [3.8, 4) is 0 Å². The molecule has 0 aliphatic carbocycles. The van der Waals surface area contributed by atoms with E-state index in [1.807, 2.05) is 6.92 Å². The SMILES string of the molecule is CCCC(=O)O.c1cc[c]([Pb]([c]2ccccc2)[c]2ccccc2)cc1. The molecule has 0 fully saturated rings. The molecule has 3 aromatic rings. The molecular weight excluding hydrogens is 503 g/mol. The topological polar surface area (TPSA) is 37.3 Å². The van der Waals surface area contributed by atoms with Gasteiger partial charge in [-0.2, -0.15) is 0 Å². The molecule has 0 aromatic heterocycles. The molecule has 0 heterocycles. The van der Waals surface area contributed by atoms with Crippen LogP contribution in [0, 0.1) is 0 Å². The minimum atomic E-state index is -2.17. The molecule has 0 spiro atoms. The molecule has 3 heteroatoms. The average molecular weight is 527 g/mol. The van der Waals surface area contributed by atoms with Crippen LogP contribution in [0.1, 0.15) is 19.8 Å². The minimum absolute atomic E-state index is 0.292. The Morgan fingerprint density at radius 3 is 1.24 bits per heavy atom. The van der Waals surface area contributed by atoms with Gasteiger partial charge in [0.1, 0.15) is 0 Å². The quantitative estimate of drug-likeness (QED) is 0.519. The van der Waals surface area contributed by atoms with Crippen LogP contribution in [-0.2, 0) is 4.79 Å². The van der Waals surface area contributed by atoms with E-state index in [4.69, 9.17) is 5.11 Å². The van der Waals surface area contributed by atoms with Gasteiger partial charge in [0.2, 0.25) is 0 Å². The molecule has 0 amide bonds. The van der Waals surface area contributed by atoms with Gasteiger partial charge in [0.25, 0.3) is 0 Å². The number of carboxylic acid groups (broad SMARTS) is 1. The van der Waals surface area contributed by atoms with Gasteiger partial charge in [-0.1, -0.05) is 6.92 Å². The molecule has 0 atom stereocenters. The van der Waals surface area contributed by atoms with Gasteiger partial charge < -0.3 is 5.11 Å². The van der Waals surface area contributed by atoms with Crippen LogP contribution < -0.4 is 9.37 Å². The van der Waals surface area contributed by atoms with Crippen molar-refractivity contribution < 1.29 is 9.90 Å². The van der Waals surface area contributed by atoms with Gasteiger partial charge in [0.15, 0.2) is 0 Å². The monoisotopic (exact) mass is 527 g/mol. The van der Waals surface area contributed by atoms with Gasteiger partial charge in [-0.25, -0.2) is 0 Å². The predicted octanol–water partition coefficient (Wildman–Crippen LogP) is 3.07. The molecule has 0 saturated heterocycles. The second kappa shape index (κ2) is 10.8. The summed E-state index contributed by atoms with van der Waals surface area (Å²) in [6.45, 7) is 1.84. The van der Waals surface area contributed by atoms with E-state index < -0.39 is 28.7 Å². The Kier molecular flexibility index (Phi) is 8.39. The average Bonchev–Trinajstić information content (AvgIpc) is 2.65. The van der Waals surface area contributed by atoms with E-state index in [-0.39, 0.29) is 0 Å². The van der Waals surface area contributed by atoms with Gasteiger partial charge in [-0.05, 0) is 6.42 Å². The summed E-state index contributed by atoms with van der Waals surface area (Å²) >= 11 is -2.17. The van der Waals surface area contributed by atoms with Crippen LogP contribution >= 0.6 is 0 Å². The number of hydrogen-bond acceptors (Lipinski definition) is 1. The molecule has 0 saturated carbocycles. The number of benzene rings is 3. The fourth-order valence-electron chi connectivity index (χ4n) is 2.53. The molecule has 25 heavy (non-hydrogen) atoms. The van der Waals surface area contributed by atoms with Crippen molar-refractivity contribution in [1.29, 1.82) is 0 Å². The van der Waals surface area contributed by atoms with Crippen LogP contribution in [0.2, 0.25) is 0 Å². The molecule has 2 nitrogen and oxygen atoms in total. The zero-order valence-corrected chi connectivity index (χ0v) is 18.3. The third-order valence-electron chi connectivity index (χ3n) is 3.65. The summed E-state index contributed by atoms with van der Waals surface area (Å²) in [6, 6.07) is 33.0. The molecule has 127 valence electrons. The van der Waals surface area contributed by atoms with Gasteiger partial charge in [-0.15, -0.1) is 0 Å². The van der Waals surface area contributed by atoms with E-state index in [1.54, 1.807) is 9.37 Å². The summed E-state index contributed by atoms with van der Waals surface area (Å²) in [5.41, 5.74) is 0. The van der Waals surface area contributed by atoms with E-state index in [0.717, 1.165) is 6.42 Å². The maximum absolute atomic E-state index is 9.60. The summed E-state index contributed by atoms with van der Waals surface area (Å²) in [7, 11) is 0. The van der Waals surface area contributed by atoms with Crippen LogP contribution in [0.3, 0.4) is 0 Å². The number of rotatable bonds is 5. The second-order valence-corrected chi connectivity index (χ2v) is 15.3. The number of hydrogen-bond donors (Lipinski definition) is 1. The maximum atomic E-state index is 9.60. The first kappa shape index (κ1) is 19.4. The third-order valence-corrected chi connectivity index (χ3v) is 14.3. The van der Waals surface area contributed by atoms with Crippen molar-refractivity contribution in [2.75, 3.05) is 0 Å². The molecule has 3 rings (SSSR count). The fourth-order valence-corrected chi connectivity index (χ4v) is 12.5. The van der Waals surface area contributed by atoms with E-state index in [1.165, 1.54) is 0 Å². The first-order valence-corrected chi connectivity index (χ1v) is 14.3. The molecule has 1 radical (unpaired) electrons. The Hall–Kier alpha value is -1.95. The molecule has 0 aliphatic heterocycles. The van der Waals surface area contributed by atoms with Gasteiger partial charge >= 0.3 is 129 Å². The Bertz CT molecular complexity index is 649. The second-order valence-electron chi connectivity index (χ2n) is 5.62. The normalized spacial score (nSPS) is 10.0. The van der Waals surface area contributed by atoms with Crippen LogP contribution in [0.25, 0.3) is 0 Å².